The molecule has 46 heavy (non-hydrogen) atoms. The molecule has 240 valence electrons. The molecule has 13 nitrogen and oxygen atoms in total. The third-order valence-electron chi connectivity index (χ3n) is 7.17. The van der Waals surface area contributed by atoms with Crippen LogP contribution >= 0.6 is 11.7 Å². The van der Waals surface area contributed by atoms with Gasteiger partial charge in [0.25, 0.3) is 0 Å². The molecule has 0 saturated heterocycles. The molecule has 0 fully saturated rings. The van der Waals surface area contributed by atoms with Crippen molar-refractivity contribution < 1.29 is 47.5 Å². The number of alkyl carbamates (subject to hydrolysis) is 1. The minimum absolute atomic E-state index is 0.0396. The van der Waals surface area contributed by atoms with Crippen LogP contribution in [0.4, 0.5) is 4.79 Å². The molecule has 0 radical (unpaired) electrons. The quantitative estimate of drug-likeness (QED) is 0.171. The van der Waals surface area contributed by atoms with E-state index in [1.165, 1.54) is 35.4 Å². The van der Waals surface area contributed by atoms with Crippen LogP contribution in [0.2, 0.25) is 0 Å². The van der Waals surface area contributed by atoms with Crippen LogP contribution in [0.5, 0.6) is 23.0 Å². The summed E-state index contributed by atoms with van der Waals surface area (Å²) in [4.78, 5) is 38.5. The van der Waals surface area contributed by atoms with Crippen molar-refractivity contribution in [1.29, 1.82) is 0 Å². The maximum absolute atomic E-state index is 13.9. The molecule has 1 unspecified atom stereocenters. The molecule has 0 saturated carbocycles. The highest BCUT2D eigenvalue weighted by molar-refractivity contribution is 7.00. The van der Waals surface area contributed by atoms with Crippen molar-refractivity contribution >= 4 is 46.4 Å². The number of hydrogen-bond donors (Lipinski definition) is 1. The van der Waals surface area contributed by atoms with Crippen molar-refractivity contribution in [3.8, 4) is 23.0 Å². The minimum atomic E-state index is -2.03. The van der Waals surface area contributed by atoms with Gasteiger partial charge in [-0.2, -0.15) is 8.75 Å². The fourth-order valence-corrected chi connectivity index (χ4v) is 5.62. The highest BCUT2D eigenvalue weighted by Crippen LogP contribution is 2.49. The number of esters is 2. The zero-order chi connectivity index (χ0) is 32.8. The van der Waals surface area contributed by atoms with Gasteiger partial charge in [0.15, 0.2) is 11.5 Å². The monoisotopic (exact) mass is 649 g/mol. The number of carbonyl (C=O) groups is 3. The predicted octanol–water partition coefficient (Wildman–Crippen LogP) is 4.42. The van der Waals surface area contributed by atoms with E-state index in [0.717, 1.165) is 11.7 Å². The summed E-state index contributed by atoms with van der Waals surface area (Å²) in [6.07, 6.45) is -0.878. The molecule has 0 bridgehead atoms. The smallest absolute Gasteiger partial charge is 0.411 e. The van der Waals surface area contributed by atoms with Crippen molar-refractivity contribution in [3.05, 3.63) is 76.9 Å². The predicted molar refractivity (Wildman–Crippen MR) is 166 cm³/mol. The van der Waals surface area contributed by atoms with E-state index in [2.05, 4.69) is 14.1 Å². The summed E-state index contributed by atoms with van der Waals surface area (Å²) >= 11 is 1.05. The van der Waals surface area contributed by atoms with E-state index >= 15 is 0 Å². The summed E-state index contributed by atoms with van der Waals surface area (Å²) in [5, 5.41) is 2.56. The molecule has 3 aromatic carbocycles. The van der Waals surface area contributed by atoms with Crippen LogP contribution in [0.15, 0.2) is 60.2 Å². The molecule has 1 N–H and O–H groups in total. The third-order valence-corrected chi connectivity index (χ3v) is 7.73. The number of methoxy groups -OCH3 is 4. The Morgan fingerprint density at radius 1 is 0.891 bits per heavy atom. The first-order valence-corrected chi connectivity index (χ1v) is 14.7. The van der Waals surface area contributed by atoms with Crippen molar-refractivity contribution in [1.82, 2.24) is 14.1 Å². The number of rotatable bonds is 12. The summed E-state index contributed by atoms with van der Waals surface area (Å²) in [7, 11) is 6.01. The van der Waals surface area contributed by atoms with Crippen LogP contribution in [0.3, 0.4) is 0 Å². The van der Waals surface area contributed by atoms with Gasteiger partial charge in [-0.25, -0.2) is 9.59 Å². The van der Waals surface area contributed by atoms with Crippen LogP contribution in [0.25, 0.3) is 16.6 Å². The number of nitrogens with one attached hydrogen (secondary N) is 1. The Hall–Kier alpha value is -5.37. The number of amides is 1. The van der Waals surface area contributed by atoms with E-state index in [-0.39, 0.29) is 25.1 Å². The van der Waals surface area contributed by atoms with E-state index in [0.29, 0.717) is 56.3 Å². The maximum Gasteiger partial charge on any atom is 0.411 e. The fourth-order valence-electron chi connectivity index (χ4n) is 5.11. The van der Waals surface area contributed by atoms with Gasteiger partial charge in [-0.1, -0.05) is 6.07 Å². The van der Waals surface area contributed by atoms with E-state index in [4.69, 9.17) is 33.2 Å². The topological polar surface area (TPSA) is 154 Å². The molecule has 5 rings (SSSR count). The Morgan fingerprint density at radius 2 is 1.59 bits per heavy atom. The van der Waals surface area contributed by atoms with E-state index in [1.807, 2.05) is 0 Å². The van der Waals surface area contributed by atoms with E-state index in [1.54, 1.807) is 54.6 Å². The third kappa shape index (κ3) is 6.38. The molecule has 14 heteroatoms. The van der Waals surface area contributed by atoms with E-state index < -0.39 is 23.8 Å². The van der Waals surface area contributed by atoms with Gasteiger partial charge in [-0.15, -0.1) is 0 Å². The second-order valence-corrected chi connectivity index (χ2v) is 10.5. The average molecular weight is 650 g/mol. The first kappa shape index (κ1) is 32.0. The van der Waals surface area contributed by atoms with Gasteiger partial charge in [0, 0.05) is 24.5 Å². The lowest BCUT2D eigenvalue weighted by Crippen LogP contribution is -2.40. The second-order valence-electron chi connectivity index (χ2n) is 9.92. The van der Waals surface area contributed by atoms with Crippen molar-refractivity contribution in [2.75, 3.05) is 41.6 Å². The molecule has 1 aliphatic rings. The first-order valence-electron chi connectivity index (χ1n) is 14.0. The number of cyclic esters (lactones) is 1. The summed E-state index contributed by atoms with van der Waals surface area (Å²) in [5.41, 5.74) is 3.19. The molecule has 4 aromatic rings. The van der Waals surface area contributed by atoms with Gasteiger partial charge in [0.2, 0.25) is 5.75 Å². The zero-order valence-electron chi connectivity index (χ0n) is 25.7. The average Bonchev–Trinajstić information content (AvgIpc) is 3.64. The van der Waals surface area contributed by atoms with Gasteiger partial charge < -0.3 is 38.5 Å². The number of ether oxygens (including phenoxy) is 7. The normalized spacial score (nSPS) is 15.7. The number of carbonyl (C=O) groups excluding carboxylic acids is 3. The number of benzene rings is 3. The van der Waals surface area contributed by atoms with Crippen LogP contribution in [-0.4, -0.2) is 68.4 Å². The SMILES string of the molecule is COc1ccc(C2(OC(=O)NCCOC(C)=O)OC(=O)C(c3ccc4nsnc4c3)=C2Cc2cc(OC)c(OC)c(OC)c2)cc1. The molecule has 1 aromatic heterocycles. The molecular formula is C32H31N3O10S. The molecule has 2 heterocycles. The maximum atomic E-state index is 13.9. The van der Waals surface area contributed by atoms with Gasteiger partial charge >= 0.3 is 23.8 Å². The Balaban J connectivity index is 1.70. The van der Waals surface area contributed by atoms with Crippen LogP contribution < -0.4 is 24.3 Å². The highest BCUT2D eigenvalue weighted by Gasteiger charge is 2.53. The molecule has 0 aliphatic carbocycles. The lowest BCUT2D eigenvalue weighted by Gasteiger charge is -2.31. The van der Waals surface area contributed by atoms with Crippen LogP contribution in [-0.2, 0) is 36.0 Å². The Kier molecular flexibility index (Phi) is 9.56. The van der Waals surface area contributed by atoms with Crippen LogP contribution in [0, 0.1) is 0 Å². The number of fused-ring (bicyclic) bond motifs is 1. The molecular weight excluding hydrogens is 618 g/mol. The van der Waals surface area contributed by atoms with Crippen molar-refractivity contribution in [2.24, 2.45) is 0 Å². The number of aromatic nitrogens is 2. The second kappa shape index (κ2) is 13.7. The van der Waals surface area contributed by atoms with Gasteiger partial charge in [0.05, 0.1) is 52.3 Å². The largest absolute Gasteiger partial charge is 0.497 e. The first-order chi connectivity index (χ1) is 22.2. The van der Waals surface area contributed by atoms with Gasteiger partial charge in [-0.05, 0) is 59.7 Å². The summed E-state index contributed by atoms with van der Waals surface area (Å²) in [6, 6.07) is 15.3. The lowest BCUT2D eigenvalue weighted by molar-refractivity contribution is -0.185. The Bertz CT molecular complexity index is 1780. The van der Waals surface area contributed by atoms with Crippen LogP contribution in [0.1, 0.15) is 23.6 Å². The molecule has 1 atom stereocenters. The summed E-state index contributed by atoms with van der Waals surface area (Å²) in [6.45, 7) is 1.13. The summed E-state index contributed by atoms with van der Waals surface area (Å²) < 4.78 is 47.6. The lowest BCUT2D eigenvalue weighted by atomic mass is 9.87. The van der Waals surface area contributed by atoms with E-state index in [9.17, 15) is 14.4 Å². The van der Waals surface area contributed by atoms with Crippen molar-refractivity contribution in [2.45, 2.75) is 19.1 Å². The highest BCUT2D eigenvalue weighted by atomic mass is 32.1. The fraction of sp³-hybridized carbons (Fsp3) is 0.281. The van der Waals surface area contributed by atoms with Gasteiger partial charge in [-0.3, -0.25) is 4.79 Å². The number of hydrogen-bond acceptors (Lipinski definition) is 13. The Labute approximate surface area is 268 Å². The summed E-state index contributed by atoms with van der Waals surface area (Å²) in [5.74, 6) is -1.56. The molecule has 1 amide bonds. The molecule has 0 spiro atoms. The standard InChI is InChI=1S/C32H31N3O10S/c1-18(36)43-13-12-33-31(38)45-32(21-7-9-22(39-2)10-8-21)23(14-19-15-26(40-3)29(42-5)27(16-19)41-4)28(30(37)44-32)20-6-11-24-25(17-20)35-46-34-24/h6-11,15-17H,12-14H2,1-5H3,(H,33,38). The molecule has 1 aliphatic heterocycles. The van der Waals surface area contributed by atoms with Gasteiger partial charge in [0.1, 0.15) is 23.4 Å². The minimum Gasteiger partial charge on any atom is -0.497 e. The Morgan fingerprint density at radius 3 is 2.22 bits per heavy atom. The number of nitrogens with zero attached hydrogens (tertiary/aromatic N) is 2. The van der Waals surface area contributed by atoms with Crippen molar-refractivity contribution in [3.63, 3.8) is 0 Å². The zero-order valence-corrected chi connectivity index (χ0v) is 26.5.